The van der Waals surface area contributed by atoms with Gasteiger partial charge in [0.1, 0.15) is 15.8 Å². The summed E-state index contributed by atoms with van der Waals surface area (Å²) < 4.78 is 2.20. The fourth-order valence-electron chi connectivity index (χ4n) is 6.00. The van der Waals surface area contributed by atoms with Gasteiger partial charge in [-0.05, 0) is 68.2 Å². The van der Waals surface area contributed by atoms with E-state index in [1.807, 2.05) is 25.3 Å². The molecule has 1 saturated carbocycles. The maximum Gasteiger partial charge on any atom is 0.267 e. The summed E-state index contributed by atoms with van der Waals surface area (Å²) in [6.45, 7) is 3.62. The highest BCUT2D eigenvalue weighted by molar-refractivity contribution is 8.26. The van der Waals surface area contributed by atoms with Crippen LogP contribution in [0.4, 0.5) is 5.82 Å². The second-order valence-corrected chi connectivity index (χ2v) is 12.4. The highest BCUT2D eigenvalue weighted by atomic mass is 32.2. The molecule has 196 valence electrons. The van der Waals surface area contributed by atoms with Crippen LogP contribution < -0.4 is 10.5 Å². The molecule has 0 spiro atoms. The molecule has 0 bridgehead atoms. The quantitative estimate of drug-likeness (QED) is 0.308. The van der Waals surface area contributed by atoms with Crippen molar-refractivity contribution in [3.8, 4) is 0 Å². The third-order valence-electron chi connectivity index (χ3n) is 8.06. The van der Waals surface area contributed by atoms with E-state index in [1.54, 1.807) is 15.4 Å². The average Bonchev–Trinajstić information content (AvgIpc) is 3.54. The molecule has 3 aliphatic rings. The van der Waals surface area contributed by atoms with Gasteiger partial charge in [0.05, 0.1) is 10.5 Å². The van der Waals surface area contributed by atoms with E-state index in [2.05, 4.69) is 35.2 Å². The highest BCUT2D eigenvalue weighted by Gasteiger charge is 2.38. The van der Waals surface area contributed by atoms with Crippen molar-refractivity contribution in [2.45, 2.75) is 57.9 Å². The summed E-state index contributed by atoms with van der Waals surface area (Å²) in [5, 5.41) is 0. The van der Waals surface area contributed by atoms with E-state index in [4.69, 9.17) is 17.2 Å². The zero-order chi connectivity index (χ0) is 26.2. The molecule has 0 N–H and O–H groups in total. The van der Waals surface area contributed by atoms with E-state index in [9.17, 15) is 9.59 Å². The van der Waals surface area contributed by atoms with Crippen molar-refractivity contribution < 1.29 is 4.79 Å². The van der Waals surface area contributed by atoms with Gasteiger partial charge >= 0.3 is 0 Å². The topological polar surface area (TPSA) is 57.9 Å². The number of piperidine rings is 1. The third-order valence-corrected chi connectivity index (χ3v) is 9.39. The van der Waals surface area contributed by atoms with Crippen LogP contribution in [0.25, 0.3) is 11.7 Å². The van der Waals surface area contributed by atoms with E-state index in [0.29, 0.717) is 32.2 Å². The van der Waals surface area contributed by atoms with Gasteiger partial charge in [0.25, 0.3) is 11.5 Å². The van der Waals surface area contributed by atoms with Crippen LogP contribution in [-0.4, -0.2) is 43.6 Å². The molecule has 6 rings (SSSR count). The van der Waals surface area contributed by atoms with E-state index in [1.165, 1.54) is 17.3 Å². The monoisotopic (exact) mass is 544 g/mol. The number of thiocarbonyl (C=S) groups is 1. The van der Waals surface area contributed by atoms with Gasteiger partial charge in [-0.1, -0.05) is 73.2 Å². The lowest BCUT2D eigenvalue weighted by molar-refractivity contribution is -0.123. The second kappa shape index (κ2) is 10.7. The molecule has 2 saturated heterocycles. The van der Waals surface area contributed by atoms with Crippen molar-refractivity contribution in [2.75, 3.05) is 18.0 Å². The second-order valence-electron chi connectivity index (χ2n) is 10.7. The Hall–Kier alpha value is -2.97. The first-order chi connectivity index (χ1) is 18.5. The molecule has 0 unspecified atom stereocenters. The van der Waals surface area contributed by atoms with Crippen molar-refractivity contribution in [2.24, 2.45) is 5.92 Å². The summed E-state index contributed by atoms with van der Waals surface area (Å²) in [7, 11) is 0. The Kier molecular flexibility index (Phi) is 7.10. The lowest BCUT2D eigenvalue weighted by Gasteiger charge is -2.33. The number of nitrogens with zero attached hydrogens (tertiary/aromatic N) is 4. The Bertz CT molecular complexity index is 1470. The van der Waals surface area contributed by atoms with Crippen LogP contribution in [0.3, 0.4) is 0 Å². The first kappa shape index (κ1) is 25.3. The predicted molar refractivity (Wildman–Crippen MR) is 159 cm³/mol. The number of amides is 1. The predicted octanol–water partition coefficient (Wildman–Crippen LogP) is 5.61. The van der Waals surface area contributed by atoms with Crippen LogP contribution >= 0.6 is 24.0 Å². The van der Waals surface area contributed by atoms with Gasteiger partial charge in [0.15, 0.2) is 0 Å². The van der Waals surface area contributed by atoms with Crippen molar-refractivity contribution >= 4 is 51.7 Å². The molecule has 8 heteroatoms. The van der Waals surface area contributed by atoms with Gasteiger partial charge in [-0.3, -0.25) is 18.9 Å². The molecular formula is C30H32N4O2S2. The molecule has 2 aliphatic heterocycles. The lowest BCUT2D eigenvalue weighted by atomic mass is 9.90. The first-order valence-corrected chi connectivity index (χ1v) is 14.8. The zero-order valence-electron chi connectivity index (χ0n) is 21.6. The minimum absolute atomic E-state index is 0.0758. The Morgan fingerprint density at radius 2 is 1.76 bits per heavy atom. The number of thioether (sulfide) groups is 1. The number of hydrogen-bond donors (Lipinski definition) is 0. The van der Waals surface area contributed by atoms with Gasteiger partial charge in [0, 0.05) is 25.3 Å². The number of aromatic nitrogens is 2. The Morgan fingerprint density at radius 3 is 2.50 bits per heavy atom. The smallest absolute Gasteiger partial charge is 0.267 e. The number of hydrogen-bond acceptors (Lipinski definition) is 6. The maximum atomic E-state index is 13.8. The number of pyridine rings is 1. The number of fused-ring (bicyclic) bond motifs is 1. The van der Waals surface area contributed by atoms with Crippen LogP contribution in [0.5, 0.6) is 0 Å². The van der Waals surface area contributed by atoms with Crippen LogP contribution in [0.2, 0.25) is 0 Å². The SMILES string of the molecule is Cc1ccc2nc(N3CCC(Cc4ccccc4)CC3)c(/C=C3\SC(=S)N(C4CCCC4)C3=O)c(=O)n2c1. The van der Waals surface area contributed by atoms with E-state index < -0.39 is 0 Å². The molecule has 1 aliphatic carbocycles. The molecule has 2 aromatic heterocycles. The Balaban J connectivity index is 1.33. The van der Waals surface area contributed by atoms with Crippen LogP contribution in [0.1, 0.15) is 55.2 Å². The van der Waals surface area contributed by atoms with E-state index in [-0.39, 0.29) is 17.5 Å². The molecule has 3 aromatic rings. The van der Waals surface area contributed by atoms with Gasteiger partial charge < -0.3 is 4.90 Å². The van der Waals surface area contributed by atoms with Gasteiger partial charge in [-0.15, -0.1) is 0 Å². The number of carbonyl (C=O) groups is 1. The lowest BCUT2D eigenvalue weighted by Crippen LogP contribution is -2.37. The molecule has 6 nitrogen and oxygen atoms in total. The minimum Gasteiger partial charge on any atom is -0.356 e. The molecule has 0 atom stereocenters. The van der Waals surface area contributed by atoms with Gasteiger partial charge in [-0.25, -0.2) is 4.98 Å². The Morgan fingerprint density at radius 1 is 1.03 bits per heavy atom. The molecular weight excluding hydrogens is 512 g/mol. The number of rotatable bonds is 5. The summed E-state index contributed by atoms with van der Waals surface area (Å²) in [6, 6.07) is 14.7. The van der Waals surface area contributed by atoms with E-state index >= 15 is 0 Å². The number of anilines is 1. The molecule has 3 fully saturated rings. The summed E-state index contributed by atoms with van der Waals surface area (Å²) in [5.74, 6) is 1.19. The molecule has 38 heavy (non-hydrogen) atoms. The zero-order valence-corrected chi connectivity index (χ0v) is 23.3. The maximum absolute atomic E-state index is 13.8. The van der Waals surface area contributed by atoms with Gasteiger partial charge in [0.2, 0.25) is 0 Å². The number of carbonyl (C=O) groups excluding carboxylic acids is 1. The van der Waals surface area contributed by atoms with E-state index in [0.717, 1.165) is 63.6 Å². The highest BCUT2D eigenvalue weighted by Crippen LogP contribution is 2.38. The standard InChI is InChI=1S/C30H32N4O2S2/c1-20-11-12-26-31-27(32-15-13-22(14-16-32)17-21-7-3-2-4-8-21)24(28(35)33(26)19-20)18-25-29(36)34(30(37)38-25)23-9-5-6-10-23/h2-4,7-8,11-12,18-19,22-23H,5-6,9-10,13-17H2,1H3/b25-18-. The summed E-state index contributed by atoms with van der Waals surface area (Å²) in [4.78, 5) is 36.8. The molecule has 1 aromatic carbocycles. The van der Waals surface area contributed by atoms with Gasteiger partial charge in [-0.2, -0.15) is 0 Å². The summed E-state index contributed by atoms with van der Waals surface area (Å²) >= 11 is 6.93. The summed E-state index contributed by atoms with van der Waals surface area (Å²) in [6.07, 6.45) is 10.9. The number of aryl methyl sites for hydroxylation is 1. The van der Waals surface area contributed by atoms with Crippen molar-refractivity contribution in [3.63, 3.8) is 0 Å². The largest absolute Gasteiger partial charge is 0.356 e. The molecule has 4 heterocycles. The van der Waals surface area contributed by atoms with Crippen molar-refractivity contribution in [1.82, 2.24) is 14.3 Å². The van der Waals surface area contributed by atoms with Crippen molar-refractivity contribution in [3.05, 3.63) is 80.6 Å². The van der Waals surface area contributed by atoms with Crippen LogP contribution in [-0.2, 0) is 11.2 Å². The first-order valence-electron chi connectivity index (χ1n) is 13.6. The fourth-order valence-corrected chi connectivity index (χ4v) is 7.38. The normalized spacial score (nSPS) is 20.4. The van der Waals surface area contributed by atoms with Crippen molar-refractivity contribution in [1.29, 1.82) is 0 Å². The third kappa shape index (κ3) is 4.92. The number of benzene rings is 1. The van der Waals surface area contributed by atoms with Crippen LogP contribution in [0, 0.1) is 12.8 Å². The summed E-state index contributed by atoms with van der Waals surface area (Å²) in [5.41, 5.74) is 3.30. The van der Waals surface area contributed by atoms with Crippen LogP contribution in [0.15, 0.2) is 58.4 Å². The minimum atomic E-state index is -0.147. The molecule has 1 amide bonds. The molecule has 0 radical (unpaired) electrons. The average molecular weight is 545 g/mol. The fraction of sp³-hybridized carbons (Fsp3) is 0.400. The Labute approximate surface area is 232 Å².